The molecular formula is C23H18N2O5. The number of nitro benzene ring substituents is 1. The van der Waals surface area contributed by atoms with Crippen molar-refractivity contribution in [3.05, 3.63) is 106 Å². The average Bonchev–Trinajstić information content (AvgIpc) is 2.77. The van der Waals surface area contributed by atoms with Gasteiger partial charge in [0.1, 0.15) is 0 Å². The Labute approximate surface area is 172 Å². The van der Waals surface area contributed by atoms with E-state index < -0.39 is 16.8 Å². The standard InChI is InChI=1S/C23H18N2O5/c1-30-23(27)18-10-6-11-19(15-18)24-22(26)21(17-8-3-2-4-9-17)14-16-7-5-12-20(13-16)25(28)29/h2-15H,1H3,(H,24,26)/b21-14+. The van der Waals surface area contributed by atoms with Crippen LogP contribution in [0.1, 0.15) is 21.5 Å². The highest BCUT2D eigenvalue weighted by atomic mass is 16.6. The summed E-state index contributed by atoms with van der Waals surface area (Å²) in [6, 6.07) is 21.4. The van der Waals surface area contributed by atoms with E-state index in [9.17, 15) is 19.7 Å². The van der Waals surface area contributed by atoms with Gasteiger partial charge in [-0.05, 0) is 35.4 Å². The maximum atomic E-state index is 13.1. The second-order valence-electron chi connectivity index (χ2n) is 6.30. The Morgan fingerprint density at radius 2 is 1.63 bits per heavy atom. The zero-order chi connectivity index (χ0) is 21.5. The van der Waals surface area contributed by atoms with E-state index in [0.717, 1.165) is 0 Å². The first-order valence-corrected chi connectivity index (χ1v) is 8.99. The minimum absolute atomic E-state index is 0.0673. The number of ether oxygens (including phenoxy) is 1. The van der Waals surface area contributed by atoms with Crippen molar-refractivity contribution < 1.29 is 19.2 Å². The average molecular weight is 402 g/mol. The molecule has 0 aromatic heterocycles. The van der Waals surface area contributed by atoms with Gasteiger partial charge >= 0.3 is 5.97 Å². The van der Waals surface area contributed by atoms with Gasteiger partial charge in [0.05, 0.1) is 17.6 Å². The number of amides is 1. The Morgan fingerprint density at radius 1 is 0.933 bits per heavy atom. The van der Waals surface area contributed by atoms with E-state index in [2.05, 4.69) is 5.32 Å². The molecular weight excluding hydrogens is 384 g/mol. The zero-order valence-corrected chi connectivity index (χ0v) is 16.1. The van der Waals surface area contributed by atoms with E-state index in [1.807, 2.05) is 6.07 Å². The Balaban J connectivity index is 1.97. The topological polar surface area (TPSA) is 98.5 Å². The van der Waals surface area contributed by atoms with Gasteiger partial charge in [0, 0.05) is 23.4 Å². The Morgan fingerprint density at radius 3 is 2.33 bits per heavy atom. The van der Waals surface area contributed by atoms with Crippen LogP contribution in [0.4, 0.5) is 11.4 Å². The van der Waals surface area contributed by atoms with Gasteiger partial charge in [0.2, 0.25) is 0 Å². The minimum Gasteiger partial charge on any atom is -0.465 e. The predicted octanol–water partition coefficient (Wildman–Crippen LogP) is 4.56. The fourth-order valence-electron chi connectivity index (χ4n) is 2.83. The molecule has 150 valence electrons. The number of nitrogens with one attached hydrogen (secondary N) is 1. The third kappa shape index (κ3) is 4.96. The number of anilines is 1. The molecule has 3 aromatic carbocycles. The highest BCUT2D eigenvalue weighted by Gasteiger charge is 2.15. The van der Waals surface area contributed by atoms with Crippen LogP contribution in [-0.4, -0.2) is 23.9 Å². The first-order valence-electron chi connectivity index (χ1n) is 8.99. The number of hydrogen-bond donors (Lipinski definition) is 1. The summed E-state index contributed by atoms with van der Waals surface area (Å²) in [4.78, 5) is 35.4. The summed E-state index contributed by atoms with van der Waals surface area (Å²) in [5.74, 6) is -0.934. The van der Waals surface area contributed by atoms with Crippen molar-refractivity contribution in [2.24, 2.45) is 0 Å². The van der Waals surface area contributed by atoms with Crippen molar-refractivity contribution >= 4 is 34.9 Å². The van der Waals surface area contributed by atoms with Gasteiger partial charge < -0.3 is 10.1 Å². The van der Waals surface area contributed by atoms with E-state index in [4.69, 9.17) is 4.74 Å². The quantitative estimate of drug-likeness (QED) is 0.214. The molecule has 0 atom stereocenters. The van der Waals surface area contributed by atoms with E-state index in [-0.39, 0.29) is 5.69 Å². The van der Waals surface area contributed by atoms with E-state index in [1.165, 1.54) is 25.3 Å². The Hall–Kier alpha value is -4.26. The molecule has 1 N–H and O–H groups in total. The van der Waals surface area contributed by atoms with Crippen LogP contribution in [0.5, 0.6) is 0 Å². The van der Waals surface area contributed by atoms with Gasteiger partial charge in [-0.15, -0.1) is 0 Å². The van der Waals surface area contributed by atoms with Gasteiger partial charge in [-0.2, -0.15) is 0 Å². The van der Waals surface area contributed by atoms with Crippen LogP contribution in [0, 0.1) is 10.1 Å². The highest BCUT2D eigenvalue weighted by molar-refractivity contribution is 6.29. The molecule has 30 heavy (non-hydrogen) atoms. The van der Waals surface area contributed by atoms with Crippen molar-refractivity contribution in [3.63, 3.8) is 0 Å². The summed E-state index contributed by atoms with van der Waals surface area (Å²) < 4.78 is 4.70. The van der Waals surface area contributed by atoms with Gasteiger partial charge in [0.25, 0.3) is 11.6 Å². The normalized spacial score (nSPS) is 10.9. The van der Waals surface area contributed by atoms with Gasteiger partial charge in [-0.3, -0.25) is 14.9 Å². The molecule has 0 heterocycles. The van der Waals surface area contributed by atoms with Crippen LogP contribution in [0.2, 0.25) is 0 Å². The summed E-state index contributed by atoms with van der Waals surface area (Å²) in [6.07, 6.45) is 1.59. The first kappa shape index (κ1) is 20.5. The molecule has 0 spiro atoms. The molecule has 0 bridgehead atoms. The molecule has 0 fully saturated rings. The molecule has 7 heteroatoms. The zero-order valence-electron chi connectivity index (χ0n) is 16.1. The fourth-order valence-corrected chi connectivity index (χ4v) is 2.83. The molecule has 0 aliphatic rings. The summed E-state index contributed by atoms with van der Waals surface area (Å²) in [5, 5.41) is 13.8. The van der Waals surface area contributed by atoms with Crippen LogP contribution in [-0.2, 0) is 9.53 Å². The lowest BCUT2D eigenvalue weighted by Crippen LogP contribution is -2.14. The number of benzene rings is 3. The predicted molar refractivity (Wildman–Crippen MR) is 114 cm³/mol. The first-order chi connectivity index (χ1) is 14.5. The van der Waals surface area contributed by atoms with Gasteiger partial charge in [-0.1, -0.05) is 48.5 Å². The van der Waals surface area contributed by atoms with Crippen molar-refractivity contribution in [3.8, 4) is 0 Å². The molecule has 0 saturated heterocycles. The molecule has 0 saturated carbocycles. The van der Waals surface area contributed by atoms with Crippen molar-refractivity contribution in [2.45, 2.75) is 0 Å². The number of nitrogens with zero attached hydrogens (tertiary/aromatic N) is 1. The van der Waals surface area contributed by atoms with Crippen molar-refractivity contribution in [1.29, 1.82) is 0 Å². The number of carbonyl (C=O) groups excluding carboxylic acids is 2. The van der Waals surface area contributed by atoms with Crippen LogP contribution >= 0.6 is 0 Å². The number of methoxy groups -OCH3 is 1. The van der Waals surface area contributed by atoms with E-state index in [0.29, 0.717) is 28.0 Å². The number of esters is 1. The third-order valence-electron chi connectivity index (χ3n) is 4.26. The SMILES string of the molecule is COC(=O)c1cccc(NC(=O)/C(=C/c2cccc([N+](=O)[O-])c2)c2ccccc2)c1. The molecule has 0 aliphatic carbocycles. The molecule has 0 aliphatic heterocycles. The second kappa shape index (κ2) is 9.29. The molecule has 3 rings (SSSR count). The van der Waals surface area contributed by atoms with Crippen molar-refractivity contribution in [2.75, 3.05) is 12.4 Å². The number of rotatable bonds is 6. The van der Waals surface area contributed by atoms with E-state index >= 15 is 0 Å². The lowest BCUT2D eigenvalue weighted by Gasteiger charge is -2.11. The summed E-state index contributed by atoms with van der Waals surface area (Å²) in [7, 11) is 1.28. The van der Waals surface area contributed by atoms with Crippen LogP contribution in [0.15, 0.2) is 78.9 Å². The van der Waals surface area contributed by atoms with E-state index in [1.54, 1.807) is 60.7 Å². The number of carbonyl (C=O) groups is 2. The number of non-ortho nitro benzene ring substituents is 1. The van der Waals surface area contributed by atoms with Crippen LogP contribution in [0.25, 0.3) is 11.6 Å². The molecule has 0 unspecified atom stereocenters. The highest BCUT2D eigenvalue weighted by Crippen LogP contribution is 2.23. The van der Waals surface area contributed by atoms with Crippen molar-refractivity contribution in [1.82, 2.24) is 0 Å². The molecule has 3 aromatic rings. The maximum Gasteiger partial charge on any atom is 0.337 e. The summed E-state index contributed by atoms with van der Waals surface area (Å²) in [6.45, 7) is 0. The van der Waals surface area contributed by atoms with Crippen LogP contribution in [0.3, 0.4) is 0 Å². The molecule has 7 nitrogen and oxygen atoms in total. The number of nitro groups is 1. The smallest absolute Gasteiger partial charge is 0.337 e. The monoisotopic (exact) mass is 402 g/mol. The lowest BCUT2D eigenvalue weighted by atomic mass is 10.0. The fraction of sp³-hybridized carbons (Fsp3) is 0.0435. The minimum atomic E-state index is -0.512. The third-order valence-corrected chi connectivity index (χ3v) is 4.26. The second-order valence-corrected chi connectivity index (χ2v) is 6.30. The number of hydrogen-bond acceptors (Lipinski definition) is 5. The maximum absolute atomic E-state index is 13.1. The largest absolute Gasteiger partial charge is 0.465 e. The van der Waals surface area contributed by atoms with Gasteiger partial charge in [-0.25, -0.2) is 4.79 Å². The summed E-state index contributed by atoms with van der Waals surface area (Å²) >= 11 is 0. The van der Waals surface area contributed by atoms with Crippen LogP contribution < -0.4 is 5.32 Å². The lowest BCUT2D eigenvalue weighted by molar-refractivity contribution is -0.384. The summed E-state index contributed by atoms with van der Waals surface area (Å²) in [5.41, 5.74) is 2.14. The Kier molecular flexibility index (Phi) is 6.34. The molecule has 0 radical (unpaired) electrons. The molecule has 1 amide bonds. The Bertz CT molecular complexity index is 1120. The van der Waals surface area contributed by atoms with Gasteiger partial charge in [0.15, 0.2) is 0 Å².